The summed E-state index contributed by atoms with van der Waals surface area (Å²) in [6.45, 7) is 1.42. The number of nitrogen functional groups attached to an aromatic ring is 1. The number of hydrogen-bond donors (Lipinski definition) is 3. The molecule has 0 aromatic carbocycles. The van der Waals surface area contributed by atoms with Gasteiger partial charge in [-0.3, -0.25) is 18.7 Å². The van der Waals surface area contributed by atoms with Crippen LogP contribution in [0.25, 0.3) is 11.2 Å². The van der Waals surface area contributed by atoms with E-state index in [-0.39, 0.29) is 36.1 Å². The fraction of sp³-hybridized carbons (Fsp3) is 0.708. The molecule has 3 fully saturated rings. The van der Waals surface area contributed by atoms with Crippen LogP contribution in [0.15, 0.2) is 6.33 Å². The number of esters is 2. The van der Waals surface area contributed by atoms with E-state index in [0.29, 0.717) is 25.7 Å². The van der Waals surface area contributed by atoms with Crippen molar-refractivity contribution in [1.29, 1.82) is 0 Å². The van der Waals surface area contributed by atoms with Gasteiger partial charge in [-0.2, -0.15) is 9.97 Å². The van der Waals surface area contributed by atoms with Gasteiger partial charge in [0.1, 0.15) is 29.9 Å². The molecule has 232 valence electrons. The van der Waals surface area contributed by atoms with Crippen molar-refractivity contribution in [3.8, 4) is 5.88 Å². The van der Waals surface area contributed by atoms with E-state index < -0.39 is 62.3 Å². The van der Waals surface area contributed by atoms with E-state index in [0.717, 1.165) is 0 Å². The summed E-state index contributed by atoms with van der Waals surface area (Å²) in [5, 5.41) is 22.5. The Labute approximate surface area is 241 Å². The molecule has 5 rings (SSSR count). The number of anilines is 1. The van der Waals surface area contributed by atoms with Crippen molar-refractivity contribution in [1.82, 2.24) is 28.9 Å². The number of methoxy groups -OCH3 is 3. The monoisotopic (exact) mass is 613 g/mol. The van der Waals surface area contributed by atoms with E-state index in [1.807, 2.05) is 0 Å². The molecule has 2 unspecified atom stereocenters. The summed E-state index contributed by atoms with van der Waals surface area (Å²) >= 11 is 0. The zero-order chi connectivity index (χ0) is 30.4. The van der Waals surface area contributed by atoms with Gasteiger partial charge in [0.05, 0.1) is 34.3 Å². The summed E-state index contributed by atoms with van der Waals surface area (Å²) in [6, 6.07) is -1.72. The van der Waals surface area contributed by atoms with Crippen molar-refractivity contribution in [2.24, 2.45) is 0 Å². The van der Waals surface area contributed by atoms with E-state index in [9.17, 15) is 24.4 Å². The molecule has 0 amide bonds. The number of aliphatic hydroxyl groups is 2. The fourth-order valence-electron chi connectivity index (χ4n) is 5.92. The summed E-state index contributed by atoms with van der Waals surface area (Å²) < 4.78 is 46.4. The fourth-order valence-corrected chi connectivity index (χ4v) is 8.77. The van der Waals surface area contributed by atoms with Crippen molar-refractivity contribution >= 4 is 36.7 Å². The first-order valence-electron chi connectivity index (χ1n) is 13.5. The van der Waals surface area contributed by atoms with Gasteiger partial charge in [-0.15, -0.1) is 0 Å². The van der Waals surface area contributed by atoms with E-state index in [1.54, 1.807) is 0 Å². The smallest absolute Gasteiger partial charge is 0.347 e. The number of carbonyl (C=O) groups is 2. The molecule has 0 bridgehead atoms. The molecule has 3 aliphatic heterocycles. The topological polar surface area (TPSA) is 214 Å². The second kappa shape index (κ2) is 11.6. The molecule has 4 N–H and O–H groups in total. The largest absolute Gasteiger partial charge is 0.479 e. The SMILES string of the molecule is COC(=O)C1CCCN1P(=O)(OC[C@H]1O[C@@H](n2cnc3c(OC)nc(N)nc32)[C@](C)(O)[C@@H]1O)N1CCCC1C(=O)OC. The van der Waals surface area contributed by atoms with Crippen LogP contribution in [0.1, 0.15) is 38.8 Å². The van der Waals surface area contributed by atoms with Gasteiger partial charge in [0, 0.05) is 13.1 Å². The van der Waals surface area contributed by atoms with E-state index in [4.69, 9.17) is 29.2 Å². The molecule has 5 heterocycles. The van der Waals surface area contributed by atoms with Gasteiger partial charge < -0.3 is 39.4 Å². The van der Waals surface area contributed by atoms with Crippen molar-refractivity contribution in [2.45, 2.75) is 68.7 Å². The maximum absolute atomic E-state index is 14.9. The summed E-state index contributed by atoms with van der Waals surface area (Å²) in [5.74, 6) is -1.13. The number of aromatic nitrogens is 4. The Balaban J connectivity index is 1.45. The Kier molecular flexibility index (Phi) is 8.46. The first-order valence-corrected chi connectivity index (χ1v) is 15.0. The third-order valence-corrected chi connectivity index (χ3v) is 10.8. The van der Waals surface area contributed by atoms with Crippen LogP contribution in [0.3, 0.4) is 0 Å². The lowest BCUT2D eigenvalue weighted by Crippen LogP contribution is -2.46. The Bertz CT molecular complexity index is 1350. The second-order valence-corrected chi connectivity index (χ2v) is 12.9. The Hall–Kier alpha value is -2.92. The zero-order valence-corrected chi connectivity index (χ0v) is 24.7. The molecular weight excluding hydrogens is 577 g/mol. The quantitative estimate of drug-likeness (QED) is 0.247. The van der Waals surface area contributed by atoms with Gasteiger partial charge in [0.15, 0.2) is 17.4 Å². The average molecular weight is 614 g/mol. The number of nitrogens with zero attached hydrogens (tertiary/aromatic N) is 6. The average Bonchev–Trinajstić information content (AvgIpc) is 3.78. The van der Waals surface area contributed by atoms with Gasteiger partial charge in [0.25, 0.3) is 0 Å². The Morgan fingerprint density at radius 1 is 1.12 bits per heavy atom. The van der Waals surface area contributed by atoms with Crippen LogP contribution in [0.4, 0.5) is 5.95 Å². The highest BCUT2D eigenvalue weighted by Crippen LogP contribution is 2.60. The number of aliphatic hydroxyl groups excluding tert-OH is 1. The van der Waals surface area contributed by atoms with Gasteiger partial charge >= 0.3 is 19.6 Å². The third kappa shape index (κ3) is 5.02. The first-order chi connectivity index (χ1) is 20.0. The van der Waals surface area contributed by atoms with Gasteiger partial charge in [-0.05, 0) is 32.6 Å². The molecule has 3 saturated heterocycles. The van der Waals surface area contributed by atoms with Crippen LogP contribution in [0.2, 0.25) is 0 Å². The van der Waals surface area contributed by atoms with Gasteiger partial charge in [0.2, 0.25) is 11.8 Å². The predicted molar refractivity (Wildman–Crippen MR) is 144 cm³/mol. The maximum Gasteiger partial charge on any atom is 0.347 e. The minimum atomic E-state index is -4.10. The van der Waals surface area contributed by atoms with E-state index in [2.05, 4.69) is 15.0 Å². The summed E-state index contributed by atoms with van der Waals surface area (Å²) in [4.78, 5) is 37.7. The minimum absolute atomic E-state index is 0.100. The summed E-state index contributed by atoms with van der Waals surface area (Å²) in [5.41, 5.74) is 4.40. The van der Waals surface area contributed by atoms with Crippen LogP contribution in [0, 0.1) is 0 Å². The molecule has 3 aliphatic rings. The molecule has 0 spiro atoms. The number of imidazole rings is 1. The van der Waals surface area contributed by atoms with Crippen molar-refractivity contribution < 1.29 is 47.8 Å². The van der Waals surface area contributed by atoms with Crippen molar-refractivity contribution in [2.75, 3.05) is 46.8 Å². The summed E-state index contributed by atoms with van der Waals surface area (Å²) in [6.07, 6.45) is -0.700. The molecule has 6 atom stereocenters. The molecule has 0 aliphatic carbocycles. The second-order valence-electron chi connectivity index (χ2n) is 10.6. The highest BCUT2D eigenvalue weighted by atomic mass is 31.2. The van der Waals surface area contributed by atoms with Gasteiger partial charge in [-0.1, -0.05) is 0 Å². The first kappa shape index (κ1) is 30.5. The highest BCUT2D eigenvalue weighted by molar-refractivity contribution is 7.54. The lowest BCUT2D eigenvalue weighted by molar-refractivity contribution is -0.145. The molecule has 2 aromatic heterocycles. The van der Waals surface area contributed by atoms with E-state index >= 15 is 0 Å². The molecule has 42 heavy (non-hydrogen) atoms. The van der Waals surface area contributed by atoms with Crippen LogP contribution >= 0.6 is 7.67 Å². The van der Waals surface area contributed by atoms with Crippen LogP contribution < -0.4 is 10.5 Å². The van der Waals surface area contributed by atoms with Crippen molar-refractivity contribution in [3.05, 3.63) is 6.33 Å². The Morgan fingerprint density at radius 3 is 2.26 bits per heavy atom. The molecule has 17 nitrogen and oxygen atoms in total. The molecular formula is C24H36N7O10P. The molecule has 2 aromatic rings. The number of fused-ring (bicyclic) bond motifs is 1. The molecule has 18 heteroatoms. The summed E-state index contributed by atoms with van der Waals surface area (Å²) in [7, 11) is -0.208. The number of hydrogen-bond acceptors (Lipinski definition) is 14. The minimum Gasteiger partial charge on any atom is -0.479 e. The van der Waals surface area contributed by atoms with Crippen LogP contribution in [0.5, 0.6) is 5.88 Å². The molecule has 0 radical (unpaired) electrons. The van der Waals surface area contributed by atoms with Crippen molar-refractivity contribution in [3.63, 3.8) is 0 Å². The standard InChI is InChI=1S/C24H36N7O10P/c1-24(35)17(32)15(41-22(24)29-12-26-16-18(29)27-23(25)28-19(16)37-2)11-40-42(36,30-9-5-7-13(30)20(33)38-3)31-10-6-8-14(31)21(34)39-4/h12-15,17,22,32,35H,5-11H2,1-4H3,(H2,25,27,28)/t13?,14?,15-,17-,22-,24-,42?/m1/s1. The number of ether oxygens (including phenoxy) is 4. The zero-order valence-electron chi connectivity index (χ0n) is 23.8. The Morgan fingerprint density at radius 2 is 1.71 bits per heavy atom. The highest BCUT2D eigenvalue weighted by Gasteiger charge is 2.57. The molecule has 0 saturated carbocycles. The third-order valence-electron chi connectivity index (χ3n) is 8.06. The van der Waals surface area contributed by atoms with Crippen LogP contribution in [-0.2, 0) is 32.9 Å². The van der Waals surface area contributed by atoms with E-state index in [1.165, 1.54) is 48.5 Å². The number of carbonyl (C=O) groups excluding carboxylic acids is 2. The van der Waals surface area contributed by atoms with Gasteiger partial charge in [-0.25, -0.2) is 14.3 Å². The lowest BCUT2D eigenvalue weighted by atomic mass is 9.96. The lowest BCUT2D eigenvalue weighted by Gasteiger charge is -2.38. The number of rotatable bonds is 9. The van der Waals surface area contributed by atoms with Crippen LogP contribution in [-0.4, -0.2) is 122 Å². The predicted octanol–water partition coefficient (Wildman–Crippen LogP) is -0.174. The number of nitrogens with two attached hydrogens (primary N) is 1. The maximum atomic E-state index is 14.9. The normalized spacial score (nSPS) is 31.8.